The molecule has 0 bridgehead atoms. The number of aliphatic imine (C=N–C) groups is 1. The molecule has 27 heavy (non-hydrogen) atoms. The zero-order valence-corrected chi connectivity index (χ0v) is 18.4. The fraction of sp³-hybridized carbons (Fsp3) is 0.533. The SMILES string of the molecule is CN=C(NCc1cn[nH]c1C)N1CCN(S(=O)(=O)Cc2ccon2)CC1.I. The van der Waals surface area contributed by atoms with Crippen molar-refractivity contribution in [1.82, 2.24) is 29.9 Å². The van der Waals surface area contributed by atoms with Gasteiger partial charge in [-0.15, -0.1) is 24.0 Å². The predicted octanol–water partition coefficient (Wildman–Crippen LogP) is 0.547. The summed E-state index contributed by atoms with van der Waals surface area (Å²) in [6, 6.07) is 1.57. The lowest BCUT2D eigenvalue weighted by Gasteiger charge is -2.35. The van der Waals surface area contributed by atoms with Gasteiger partial charge in [-0.25, -0.2) is 8.42 Å². The molecule has 10 nitrogen and oxygen atoms in total. The minimum Gasteiger partial charge on any atom is -0.364 e. The average Bonchev–Trinajstić information content (AvgIpc) is 3.27. The van der Waals surface area contributed by atoms with E-state index in [-0.39, 0.29) is 29.7 Å². The molecule has 12 heteroatoms. The second-order valence-electron chi connectivity index (χ2n) is 6.05. The van der Waals surface area contributed by atoms with E-state index in [1.807, 2.05) is 6.92 Å². The number of aromatic nitrogens is 3. The standard InChI is InChI=1S/C15H23N7O3S.HI/c1-12-13(10-18-19-12)9-17-15(16-2)21-4-6-22(7-5-21)26(23,24)11-14-3-8-25-20-14;/h3,8,10H,4-7,9,11H2,1-2H3,(H,16,17)(H,18,19);1H. The van der Waals surface area contributed by atoms with Crippen LogP contribution in [-0.4, -0.2) is 72.2 Å². The fourth-order valence-corrected chi connectivity index (χ4v) is 4.25. The van der Waals surface area contributed by atoms with Crippen LogP contribution in [-0.2, 0) is 22.3 Å². The van der Waals surface area contributed by atoms with Gasteiger partial charge in [-0.1, -0.05) is 5.16 Å². The molecule has 2 N–H and O–H groups in total. The van der Waals surface area contributed by atoms with Gasteiger partial charge >= 0.3 is 0 Å². The Morgan fingerprint density at radius 3 is 2.67 bits per heavy atom. The smallest absolute Gasteiger partial charge is 0.220 e. The van der Waals surface area contributed by atoms with E-state index in [4.69, 9.17) is 4.52 Å². The molecular formula is C15H24IN7O3S. The predicted molar refractivity (Wildman–Crippen MR) is 111 cm³/mol. The highest BCUT2D eigenvalue weighted by molar-refractivity contribution is 14.0. The molecule has 0 aromatic carbocycles. The van der Waals surface area contributed by atoms with Gasteiger partial charge in [0.15, 0.2) is 5.96 Å². The second kappa shape index (κ2) is 9.50. The van der Waals surface area contributed by atoms with E-state index < -0.39 is 10.0 Å². The molecule has 0 spiro atoms. The number of aromatic amines is 1. The lowest BCUT2D eigenvalue weighted by Crippen LogP contribution is -2.53. The van der Waals surface area contributed by atoms with Crippen molar-refractivity contribution in [2.75, 3.05) is 33.2 Å². The third-order valence-electron chi connectivity index (χ3n) is 4.34. The van der Waals surface area contributed by atoms with Crippen LogP contribution in [0.5, 0.6) is 0 Å². The molecule has 1 saturated heterocycles. The quantitative estimate of drug-likeness (QED) is 0.343. The van der Waals surface area contributed by atoms with Crippen molar-refractivity contribution in [2.24, 2.45) is 4.99 Å². The van der Waals surface area contributed by atoms with E-state index in [2.05, 4.69) is 30.6 Å². The first-order valence-corrected chi connectivity index (χ1v) is 9.92. The molecule has 1 aliphatic rings. The number of hydrogen-bond donors (Lipinski definition) is 2. The number of sulfonamides is 1. The van der Waals surface area contributed by atoms with Crippen LogP contribution in [0.2, 0.25) is 0 Å². The van der Waals surface area contributed by atoms with Crippen molar-refractivity contribution >= 4 is 40.0 Å². The highest BCUT2D eigenvalue weighted by atomic mass is 127. The molecule has 1 aliphatic heterocycles. The molecule has 0 unspecified atom stereocenters. The van der Waals surface area contributed by atoms with E-state index in [1.165, 1.54) is 10.6 Å². The van der Waals surface area contributed by atoms with Crippen LogP contribution in [0.15, 0.2) is 28.0 Å². The monoisotopic (exact) mass is 509 g/mol. The van der Waals surface area contributed by atoms with Gasteiger partial charge in [0.25, 0.3) is 0 Å². The van der Waals surface area contributed by atoms with Gasteiger partial charge in [0, 0.05) is 57.1 Å². The summed E-state index contributed by atoms with van der Waals surface area (Å²) in [6.07, 6.45) is 3.16. The Morgan fingerprint density at radius 2 is 2.11 bits per heavy atom. The highest BCUT2D eigenvalue weighted by Gasteiger charge is 2.29. The number of aryl methyl sites for hydroxylation is 1. The summed E-state index contributed by atoms with van der Waals surface area (Å²) in [5.74, 6) is 0.607. The van der Waals surface area contributed by atoms with Crippen LogP contribution >= 0.6 is 24.0 Å². The van der Waals surface area contributed by atoms with Crippen molar-refractivity contribution in [3.63, 3.8) is 0 Å². The topological polar surface area (TPSA) is 120 Å². The molecule has 2 aromatic rings. The molecule has 0 radical (unpaired) electrons. The number of halogens is 1. The first-order valence-electron chi connectivity index (χ1n) is 8.31. The maximum absolute atomic E-state index is 12.5. The van der Waals surface area contributed by atoms with E-state index in [1.54, 1.807) is 19.3 Å². The van der Waals surface area contributed by atoms with Gasteiger partial charge in [-0.3, -0.25) is 10.1 Å². The highest BCUT2D eigenvalue weighted by Crippen LogP contribution is 2.13. The van der Waals surface area contributed by atoms with E-state index in [0.29, 0.717) is 38.4 Å². The minimum atomic E-state index is -3.40. The summed E-state index contributed by atoms with van der Waals surface area (Å²) in [4.78, 5) is 6.35. The summed E-state index contributed by atoms with van der Waals surface area (Å²) in [7, 11) is -1.68. The Balaban J connectivity index is 0.00000261. The number of piperazine rings is 1. The van der Waals surface area contributed by atoms with Crippen molar-refractivity contribution < 1.29 is 12.9 Å². The molecule has 3 heterocycles. The maximum atomic E-state index is 12.5. The molecule has 150 valence electrons. The van der Waals surface area contributed by atoms with Crippen LogP contribution in [0.25, 0.3) is 0 Å². The zero-order chi connectivity index (χ0) is 18.6. The average molecular weight is 509 g/mol. The molecule has 0 atom stereocenters. The van der Waals surface area contributed by atoms with Crippen LogP contribution in [0.1, 0.15) is 17.0 Å². The first-order chi connectivity index (χ1) is 12.5. The Morgan fingerprint density at radius 1 is 1.37 bits per heavy atom. The Kier molecular flexibility index (Phi) is 7.61. The second-order valence-corrected chi connectivity index (χ2v) is 8.02. The van der Waals surface area contributed by atoms with Crippen LogP contribution in [0.4, 0.5) is 0 Å². The van der Waals surface area contributed by atoms with E-state index in [0.717, 1.165) is 17.2 Å². The third kappa shape index (κ3) is 5.42. The summed E-state index contributed by atoms with van der Waals surface area (Å²) in [5.41, 5.74) is 2.50. The number of hydrogen-bond acceptors (Lipinski definition) is 6. The van der Waals surface area contributed by atoms with Crippen molar-refractivity contribution in [2.45, 2.75) is 19.2 Å². The van der Waals surface area contributed by atoms with Crippen LogP contribution in [0, 0.1) is 6.92 Å². The maximum Gasteiger partial charge on any atom is 0.220 e. The number of rotatable bonds is 5. The van der Waals surface area contributed by atoms with Gasteiger partial charge in [-0.05, 0) is 6.92 Å². The lowest BCUT2D eigenvalue weighted by molar-refractivity contribution is 0.259. The molecule has 1 fully saturated rings. The molecular weight excluding hydrogens is 485 g/mol. The lowest BCUT2D eigenvalue weighted by atomic mass is 10.2. The van der Waals surface area contributed by atoms with Gasteiger partial charge < -0.3 is 14.7 Å². The minimum absolute atomic E-state index is 0. The van der Waals surface area contributed by atoms with Crippen molar-refractivity contribution in [1.29, 1.82) is 0 Å². The van der Waals surface area contributed by atoms with Gasteiger partial charge in [0.05, 0.1) is 11.9 Å². The van der Waals surface area contributed by atoms with Crippen LogP contribution < -0.4 is 5.32 Å². The van der Waals surface area contributed by atoms with E-state index in [9.17, 15) is 8.42 Å². The number of nitrogens with one attached hydrogen (secondary N) is 2. The fourth-order valence-electron chi connectivity index (χ4n) is 2.83. The summed E-state index contributed by atoms with van der Waals surface area (Å²) in [5, 5.41) is 13.9. The molecule has 0 amide bonds. The van der Waals surface area contributed by atoms with Gasteiger partial charge in [0.2, 0.25) is 10.0 Å². The number of H-pyrrole nitrogens is 1. The first kappa shape index (κ1) is 21.6. The molecule has 0 aliphatic carbocycles. The Hall–Kier alpha value is -1.67. The summed E-state index contributed by atoms with van der Waals surface area (Å²) in [6.45, 7) is 4.53. The van der Waals surface area contributed by atoms with Crippen molar-refractivity contribution in [3.8, 4) is 0 Å². The Labute approximate surface area is 175 Å². The van der Waals surface area contributed by atoms with Gasteiger partial charge in [0.1, 0.15) is 12.0 Å². The molecule has 0 saturated carbocycles. The largest absolute Gasteiger partial charge is 0.364 e. The molecule has 2 aromatic heterocycles. The zero-order valence-electron chi connectivity index (χ0n) is 15.3. The molecule has 3 rings (SSSR count). The van der Waals surface area contributed by atoms with Gasteiger partial charge in [-0.2, -0.15) is 9.40 Å². The Bertz CT molecular complexity index is 843. The van der Waals surface area contributed by atoms with Crippen LogP contribution in [0.3, 0.4) is 0 Å². The normalized spacial score (nSPS) is 16.2. The number of guanidine groups is 1. The summed E-state index contributed by atoms with van der Waals surface area (Å²) >= 11 is 0. The summed E-state index contributed by atoms with van der Waals surface area (Å²) < 4.78 is 31.2. The van der Waals surface area contributed by atoms with E-state index >= 15 is 0 Å². The van der Waals surface area contributed by atoms with Crippen molar-refractivity contribution in [3.05, 3.63) is 35.5 Å². The third-order valence-corrected chi connectivity index (χ3v) is 6.15. The number of nitrogens with zero attached hydrogens (tertiary/aromatic N) is 5.